The Kier molecular flexibility index (Phi) is 4.77. The van der Waals surface area contributed by atoms with Crippen molar-refractivity contribution in [3.05, 3.63) is 34.1 Å². The molecule has 0 spiro atoms. The molecule has 21 heavy (non-hydrogen) atoms. The molecule has 0 fully saturated rings. The van der Waals surface area contributed by atoms with Crippen LogP contribution < -0.4 is 5.32 Å². The van der Waals surface area contributed by atoms with E-state index >= 15 is 0 Å². The standard InChI is InChI=1S/C19H29NO/c1-11(2)9-20-10-16-17(12(3)4)18-14(6)8-13(5)15(7)19(18)21-16/h8,11-12,20H,9-10H2,1-7H3. The predicted molar refractivity (Wildman–Crippen MR) is 91.1 cm³/mol. The summed E-state index contributed by atoms with van der Waals surface area (Å²) in [7, 11) is 0. The first-order valence-corrected chi connectivity index (χ1v) is 8.05. The fourth-order valence-corrected chi connectivity index (χ4v) is 3.05. The molecule has 1 heterocycles. The van der Waals surface area contributed by atoms with E-state index in [0.29, 0.717) is 11.8 Å². The molecular formula is C19H29NO. The zero-order chi connectivity index (χ0) is 15.7. The van der Waals surface area contributed by atoms with Crippen molar-refractivity contribution in [1.82, 2.24) is 5.32 Å². The molecule has 0 atom stereocenters. The van der Waals surface area contributed by atoms with Crippen molar-refractivity contribution in [1.29, 1.82) is 0 Å². The molecule has 0 amide bonds. The van der Waals surface area contributed by atoms with Crippen LogP contribution in [0.25, 0.3) is 11.0 Å². The van der Waals surface area contributed by atoms with Crippen molar-refractivity contribution in [2.24, 2.45) is 5.92 Å². The van der Waals surface area contributed by atoms with Gasteiger partial charge in [0, 0.05) is 10.9 Å². The second-order valence-corrected chi connectivity index (χ2v) is 6.96. The van der Waals surface area contributed by atoms with Crippen molar-refractivity contribution < 1.29 is 4.42 Å². The summed E-state index contributed by atoms with van der Waals surface area (Å²) in [4.78, 5) is 0. The van der Waals surface area contributed by atoms with E-state index in [1.165, 1.54) is 27.6 Å². The molecule has 1 aromatic heterocycles. The van der Waals surface area contributed by atoms with E-state index in [2.05, 4.69) is 59.8 Å². The number of fused-ring (bicyclic) bond motifs is 1. The van der Waals surface area contributed by atoms with E-state index < -0.39 is 0 Å². The van der Waals surface area contributed by atoms with Crippen LogP contribution in [-0.2, 0) is 6.54 Å². The van der Waals surface area contributed by atoms with E-state index in [-0.39, 0.29) is 0 Å². The molecule has 0 bridgehead atoms. The number of nitrogens with one attached hydrogen (secondary N) is 1. The van der Waals surface area contributed by atoms with Gasteiger partial charge in [0.1, 0.15) is 11.3 Å². The summed E-state index contributed by atoms with van der Waals surface area (Å²) >= 11 is 0. The van der Waals surface area contributed by atoms with E-state index in [9.17, 15) is 0 Å². The van der Waals surface area contributed by atoms with Crippen molar-refractivity contribution in [2.45, 2.75) is 60.9 Å². The summed E-state index contributed by atoms with van der Waals surface area (Å²) in [5.41, 5.74) is 6.37. The van der Waals surface area contributed by atoms with Crippen molar-refractivity contribution in [3.63, 3.8) is 0 Å². The largest absolute Gasteiger partial charge is 0.459 e. The second-order valence-electron chi connectivity index (χ2n) is 6.96. The van der Waals surface area contributed by atoms with Gasteiger partial charge in [0.25, 0.3) is 0 Å². The maximum absolute atomic E-state index is 6.27. The third-order valence-corrected chi connectivity index (χ3v) is 4.20. The topological polar surface area (TPSA) is 25.2 Å². The summed E-state index contributed by atoms with van der Waals surface area (Å²) in [6.07, 6.45) is 0. The maximum Gasteiger partial charge on any atom is 0.138 e. The molecule has 0 aliphatic heterocycles. The molecule has 2 nitrogen and oxygen atoms in total. The zero-order valence-electron chi connectivity index (χ0n) is 14.6. The minimum Gasteiger partial charge on any atom is -0.459 e. The van der Waals surface area contributed by atoms with Gasteiger partial charge in [-0.3, -0.25) is 0 Å². The van der Waals surface area contributed by atoms with Gasteiger partial charge in [0.15, 0.2) is 0 Å². The van der Waals surface area contributed by atoms with Gasteiger partial charge < -0.3 is 9.73 Å². The number of hydrogen-bond acceptors (Lipinski definition) is 2. The van der Waals surface area contributed by atoms with Crippen LogP contribution >= 0.6 is 0 Å². The molecule has 2 rings (SSSR count). The Morgan fingerprint density at radius 3 is 2.29 bits per heavy atom. The normalized spacial score (nSPS) is 12.0. The number of furan rings is 1. The summed E-state index contributed by atoms with van der Waals surface area (Å²) < 4.78 is 6.27. The van der Waals surface area contributed by atoms with Crippen LogP contribution in [0.3, 0.4) is 0 Å². The Hall–Kier alpha value is -1.28. The average molecular weight is 287 g/mol. The smallest absolute Gasteiger partial charge is 0.138 e. The van der Waals surface area contributed by atoms with E-state index in [4.69, 9.17) is 4.42 Å². The fourth-order valence-electron chi connectivity index (χ4n) is 3.05. The highest BCUT2D eigenvalue weighted by molar-refractivity contribution is 5.89. The van der Waals surface area contributed by atoms with Gasteiger partial charge in [-0.15, -0.1) is 0 Å². The maximum atomic E-state index is 6.27. The Morgan fingerprint density at radius 1 is 1.05 bits per heavy atom. The van der Waals surface area contributed by atoms with Gasteiger partial charge in [-0.05, 0) is 55.8 Å². The van der Waals surface area contributed by atoms with Crippen molar-refractivity contribution in [2.75, 3.05) is 6.54 Å². The summed E-state index contributed by atoms with van der Waals surface area (Å²) in [6, 6.07) is 2.28. The Labute approximate surface area is 128 Å². The average Bonchev–Trinajstić information content (AvgIpc) is 2.76. The van der Waals surface area contributed by atoms with Gasteiger partial charge in [-0.25, -0.2) is 0 Å². The van der Waals surface area contributed by atoms with E-state index in [1.54, 1.807) is 0 Å². The monoisotopic (exact) mass is 287 g/mol. The van der Waals surface area contributed by atoms with E-state index in [1.807, 2.05) is 0 Å². The van der Waals surface area contributed by atoms with Crippen molar-refractivity contribution >= 4 is 11.0 Å². The Bertz CT molecular complexity index is 635. The van der Waals surface area contributed by atoms with Crippen molar-refractivity contribution in [3.8, 4) is 0 Å². The number of aryl methyl sites for hydroxylation is 3. The lowest BCUT2D eigenvalue weighted by atomic mass is 9.93. The summed E-state index contributed by atoms with van der Waals surface area (Å²) in [5.74, 6) is 2.24. The first-order valence-electron chi connectivity index (χ1n) is 8.05. The van der Waals surface area contributed by atoms with Crippen LogP contribution in [0.5, 0.6) is 0 Å². The molecule has 0 saturated carbocycles. The molecule has 0 aliphatic rings. The van der Waals surface area contributed by atoms with E-state index in [0.717, 1.165) is 24.4 Å². The molecule has 116 valence electrons. The Balaban J connectivity index is 2.52. The third kappa shape index (κ3) is 3.16. The minimum atomic E-state index is 0.475. The molecule has 1 aromatic carbocycles. The highest BCUT2D eigenvalue weighted by Crippen LogP contribution is 2.36. The van der Waals surface area contributed by atoms with Crippen LogP contribution in [0.4, 0.5) is 0 Å². The van der Waals surface area contributed by atoms with Crippen LogP contribution in [0.1, 0.15) is 61.6 Å². The first kappa shape index (κ1) is 16.1. The van der Waals surface area contributed by atoms with Gasteiger partial charge in [-0.1, -0.05) is 33.8 Å². The molecule has 1 N–H and O–H groups in total. The van der Waals surface area contributed by atoms with Crippen LogP contribution in [0.2, 0.25) is 0 Å². The van der Waals surface area contributed by atoms with Crippen LogP contribution in [0.15, 0.2) is 10.5 Å². The molecule has 0 aliphatic carbocycles. The predicted octanol–water partition coefficient (Wildman–Crippen LogP) is 5.23. The lowest BCUT2D eigenvalue weighted by molar-refractivity contribution is 0.477. The number of rotatable bonds is 5. The number of hydrogen-bond donors (Lipinski definition) is 1. The summed E-state index contributed by atoms with van der Waals surface area (Å²) in [5, 5.41) is 4.85. The Morgan fingerprint density at radius 2 is 1.71 bits per heavy atom. The molecule has 0 radical (unpaired) electrons. The summed E-state index contributed by atoms with van der Waals surface area (Å²) in [6.45, 7) is 17.3. The third-order valence-electron chi connectivity index (χ3n) is 4.20. The molecule has 0 unspecified atom stereocenters. The molecular weight excluding hydrogens is 258 g/mol. The molecule has 2 heteroatoms. The SMILES string of the molecule is Cc1cc(C)c2c(C(C)C)c(CNCC(C)C)oc2c1C. The minimum absolute atomic E-state index is 0.475. The van der Waals surface area contributed by atoms with Crippen LogP contribution in [-0.4, -0.2) is 6.54 Å². The lowest BCUT2D eigenvalue weighted by Crippen LogP contribution is -2.19. The highest BCUT2D eigenvalue weighted by Gasteiger charge is 2.20. The van der Waals surface area contributed by atoms with Gasteiger partial charge >= 0.3 is 0 Å². The van der Waals surface area contributed by atoms with Gasteiger partial charge in [0.05, 0.1) is 6.54 Å². The first-order chi connectivity index (χ1) is 9.82. The molecule has 0 saturated heterocycles. The fraction of sp³-hybridized carbons (Fsp3) is 0.579. The quantitative estimate of drug-likeness (QED) is 0.815. The lowest BCUT2D eigenvalue weighted by Gasteiger charge is -2.10. The number of benzene rings is 1. The van der Waals surface area contributed by atoms with Gasteiger partial charge in [0.2, 0.25) is 0 Å². The molecule has 2 aromatic rings. The van der Waals surface area contributed by atoms with Gasteiger partial charge in [-0.2, -0.15) is 0 Å². The van der Waals surface area contributed by atoms with Crippen LogP contribution in [0, 0.1) is 26.7 Å². The second kappa shape index (κ2) is 6.23. The highest BCUT2D eigenvalue weighted by atomic mass is 16.3. The zero-order valence-corrected chi connectivity index (χ0v) is 14.6.